The highest BCUT2D eigenvalue weighted by Gasteiger charge is 2.26. The number of hydrogen-bond donors (Lipinski definition) is 1. The van der Waals surface area contributed by atoms with Gasteiger partial charge in [-0.2, -0.15) is 5.10 Å². The maximum atomic E-state index is 12.6. The molecular weight excluding hydrogens is 320 g/mol. The van der Waals surface area contributed by atoms with Gasteiger partial charge in [-0.15, -0.1) is 0 Å². The number of rotatable bonds is 3. The number of nitrogens with zero attached hydrogens (tertiary/aromatic N) is 3. The number of anilines is 1. The van der Waals surface area contributed by atoms with Crippen LogP contribution in [0.25, 0.3) is 11.5 Å². The second kappa shape index (κ2) is 6.74. The van der Waals surface area contributed by atoms with Crippen LogP contribution < -0.4 is 11.3 Å². The molecule has 2 atom stereocenters. The van der Waals surface area contributed by atoms with Crippen LogP contribution in [0.4, 0.5) is 5.69 Å². The zero-order valence-electron chi connectivity index (χ0n) is 14.9. The molecule has 7 nitrogen and oxygen atoms in total. The standard InChI is InChI=1S/C18H24N4O3/c1-11-6-12(2)9-21(8-11)17(23)10-22-18(24)14(19)7-15(20-22)16-5-4-13(3)25-16/h4-5,7,11-12H,6,8-10,19H2,1-3H3. The number of amides is 1. The van der Waals surface area contributed by atoms with E-state index < -0.39 is 5.56 Å². The Kier molecular flexibility index (Phi) is 4.65. The van der Waals surface area contributed by atoms with Gasteiger partial charge in [-0.3, -0.25) is 9.59 Å². The quantitative estimate of drug-likeness (QED) is 0.917. The van der Waals surface area contributed by atoms with Crippen LogP contribution in [0.3, 0.4) is 0 Å². The van der Waals surface area contributed by atoms with E-state index in [1.54, 1.807) is 6.07 Å². The van der Waals surface area contributed by atoms with Crippen molar-refractivity contribution in [3.8, 4) is 11.5 Å². The first-order valence-corrected chi connectivity index (χ1v) is 8.55. The predicted octanol–water partition coefficient (Wildman–Crippen LogP) is 1.90. The molecule has 1 aliphatic rings. The van der Waals surface area contributed by atoms with Crippen molar-refractivity contribution < 1.29 is 9.21 Å². The SMILES string of the molecule is Cc1ccc(-c2cc(N)c(=O)n(CC(=O)N3CC(C)CC(C)C3)n2)o1. The molecule has 1 amide bonds. The second-order valence-corrected chi connectivity index (χ2v) is 7.10. The third-order valence-electron chi connectivity index (χ3n) is 4.50. The average molecular weight is 344 g/mol. The Morgan fingerprint density at radius 3 is 2.60 bits per heavy atom. The zero-order valence-corrected chi connectivity index (χ0v) is 14.9. The van der Waals surface area contributed by atoms with E-state index in [0.29, 0.717) is 36.4 Å². The predicted molar refractivity (Wildman–Crippen MR) is 94.9 cm³/mol. The van der Waals surface area contributed by atoms with Gasteiger partial charge in [0.15, 0.2) is 5.76 Å². The number of carbonyl (C=O) groups excluding carboxylic acids is 1. The van der Waals surface area contributed by atoms with Crippen LogP contribution in [-0.2, 0) is 11.3 Å². The van der Waals surface area contributed by atoms with Crippen molar-refractivity contribution in [2.75, 3.05) is 18.8 Å². The largest absolute Gasteiger partial charge is 0.460 e. The molecule has 1 fully saturated rings. The Labute approximate surface area is 146 Å². The molecule has 0 aliphatic carbocycles. The smallest absolute Gasteiger partial charge is 0.290 e. The summed E-state index contributed by atoms with van der Waals surface area (Å²) in [5.74, 6) is 2.06. The van der Waals surface area contributed by atoms with E-state index in [4.69, 9.17) is 10.2 Å². The van der Waals surface area contributed by atoms with E-state index in [1.165, 1.54) is 6.07 Å². The Bertz CT molecular complexity index is 829. The Hall–Kier alpha value is -2.57. The molecule has 0 radical (unpaired) electrons. The summed E-state index contributed by atoms with van der Waals surface area (Å²) in [6.07, 6.45) is 1.11. The first-order chi connectivity index (χ1) is 11.8. The van der Waals surface area contributed by atoms with Crippen LogP contribution >= 0.6 is 0 Å². The van der Waals surface area contributed by atoms with Crippen molar-refractivity contribution in [1.82, 2.24) is 14.7 Å². The van der Waals surface area contributed by atoms with Crippen molar-refractivity contribution in [3.05, 3.63) is 34.3 Å². The van der Waals surface area contributed by atoms with Crippen molar-refractivity contribution in [2.45, 2.75) is 33.7 Å². The topological polar surface area (TPSA) is 94.4 Å². The van der Waals surface area contributed by atoms with E-state index in [1.807, 2.05) is 17.9 Å². The lowest BCUT2D eigenvalue weighted by Gasteiger charge is -2.35. The number of aromatic nitrogens is 2. The van der Waals surface area contributed by atoms with Crippen molar-refractivity contribution in [3.63, 3.8) is 0 Å². The van der Waals surface area contributed by atoms with Gasteiger partial charge >= 0.3 is 0 Å². The minimum atomic E-state index is -0.460. The molecule has 1 saturated heterocycles. The molecule has 2 aromatic rings. The molecule has 2 N–H and O–H groups in total. The first kappa shape index (κ1) is 17.3. The molecule has 7 heteroatoms. The van der Waals surface area contributed by atoms with Gasteiger partial charge in [0.1, 0.15) is 23.7 Å². The van der Waals surface area contributed by atoms with Crippen LogP contribution in [0.5, 0.6) is 0 Å². The molecule has 25 heavy (non-hydrogen) atoms. The molecule has 3 rings (SSSR count). The number of piperidine rings is 1. The lowest BCUT2D eigenvalue weighted by molar-refractivity contribution is -0.134. The van der Waals surface area contributed by atoms with E-state index in [2.05, 4.69) is 18.9 Å². The van der Waals surface area contributed by atoms with E-state index >= 15 is 0 Å². The zero-order chi connectivity index (χ0) is 18.1. The van der Waals surface area contributed by atoms with E-state index in [-0.39, 0.29) is 18.1 Å². The highest BCUT2D eigenvalue weighted by molar-refractivity contribution is 5.76. The van der Waals surface area contributed by atoms with Crippen LogP contribution in [0.2, 0.25) is 0 Å². The fourth-order valence-electron chi connectivity index (χ4n) is 3.46. The molecule has 1 aliphatic heterocycles. The average Bonchev–Trinajstić information content (AvgIpc) is 2.97. The third-order valence-corrected chi connectivity index (χ3v) is 4.50. The number of nitrogens with two attached hydrogens (primary N) is 1. The lowest BCUT2D eigenvalue weighted by Crippen LogP contribution is -2.45. The monoisotopic (exact) mass is 344 g/mol. The number of hydrogen-bond acceptors (Lipinski definition) is 5. The van der Waals surface area contributed by atoms with E-state index in [0.717, 1.165) is 16.9 Å². The van der Waals surface area contributed by atoms with Gasteiger partial charge in [-0.25, -0.2) is 4.68 Å². The van der Waals surface area contributed by atoms with Crippen LogP contribution in [0.15, 0.2) is 27.4 Å². The maximum Gasteiger partial charge on any atom is 0.290 e. The molecular formula is C18H24N4O3. The number of aryl methyl sites for hydroxylation is 1. The number of likely N-dealkylation sites (tertiary alicyclic amines) is 1. The van der Waals surface area contributed by atoms with Gasteiger partial charge in [0, 0.05) is 13.1 Å². The number of furan rings is 1. The normalized spacial score (nSPS) is 20.7. The summed E-state index contributed by atoms with van der Waals surface area (Å²) in [5.41, 5.74) is 5.86. The molecule has 0 saturated carbocycles. The van der Waals surface area contributed by atoms with Crippen LogP contribution in [-0.4, -0.2) is 33.7 Å². The first-order valence-electron chi connectivity index (χ1n) is 8.55. The van der Waals surface area contributed by atoms with Gasteiger partial charge in [0.25, 0.3) is 5.56 Å². The fraction of sp³-hybridized carbons (Fsp3) is 0.500. The van der Waals surface area contributed by atoms with Gasteiger partial charge in [0.2, 0.25) is 5.91 Å². The third kappa shape index (κ3) is 3.75. The van der Waals surface area contributed by atoms with Crippen molar-refractivity contribution >= 4 is 11.6 Å². The van der Waals surface area contributed by atoms with Crippen molar-refractivity contribution in [2.24, 2.45) is 11.8 Å². The van der Waals surface area contributed by atoms with Gasteiger partial charge in [-0.1, -0.05) is 13.8 Å². The number of carbonyl (C=O) groups is 1. The molecule has 0 spiro atoms. The molecule has 134 valence electrons. The number of nitrogen functional groups attached to an aromatic ring is 1. The van der Waals surface area contributed by atoms with Crippen LogP contribution in [0.1, 0.15) is 26.0 Å². The summed E-state index contributed by atoms with van der Waals surface area (Å²) < 4.78 is 6.67. The summed E-state index contributed by atoms with van der Waals surface area (Å²) >= 11 is 0. The molecule has 0 bridgehead atoms. The molecule has 2 aromatic heterocycles. The fourth-order valence-corrected chi connectivity index (χ4v) is 3.46. The Balaban J connectivity index is 1.85. The molecule has 0 aromatic carbocycles. The minimum absolute atomic E-state index is 0.0484. The van der Waals surface area contributed by atoms with Gasteiger partial charge < -0.3 is 15.1 Å². The summed E-state index contributed by atoms with van der Waals surface area (Å²) in [7, 11) is 0. The maximum absolute atomic E-state index is 12.6. The Morgan fingerprint density at radius 1 is 1.32 bits per heavy atom. The summed E-state index contributed by atoms with van der Waals surface area (Å²) in [6.45, 7) is 7.41. The molecule has 3 heterocycles. The second-order valence-electron chi connectivity index (χ2n) is 7.10. The highest BCUT2D eigenvalue weighted by Crippen LogP contribution is 2.22. The summed E-state index contributed by atoms with van der Waals surface area (Å²) in [6, 6.07) is 5.05. The van der Waals surface area contributed by atoms with E-state index in [9.17, 15) is 9.59 Å². The summed E-state index contributed by atoms with van der Waals surface area (Å²) in [5, 5.41) is 4.27. The van der Waals surface area contributed by atoms with Crippen molar-refractivity contribution in [1.29, 1.82) is 0 Å². The molecule has 2 unspecified atom stereocenters. The summed E-state index contributed by atoms with van der Waals surface area (Å²) in [4.78, 5) is 26.7. The Morgan fingerprint density at radius 2 is 2.00 bits per heavy atom. The lowest BCUT2D eigenvalue weighted by atomic mass is 9.92. The minimum Gasteiger partial charge on any atom is -0.460 e. The highest BCUT2D eigenvalue weighted by atomic mass is 16.3. The van der Waals surface area contributed by atoms with Gasteiger partial charge in [-0.05, 0) is 43.4 Å². The van der Waals surface area contributed by atoms with Crippen LogP contribution in [0, 0.1) is 18.8 Å². The van der Waals surface area contributed by atoms with Gasteiger partial charge in [0.05, 0.1) is 0 Å².